The Labute approximate surface area is 391 Å². The molecule has 0 fully saturated rings. The van der Waals surface area contributed by atoms with Gasteiger partial charge < -0.3 is 4.90 Å². The van der Waals surface area contributed by atoms with E-state index in [1.807, 2.05) is 0 Å². The first-order valence-corrected chi connectivity index (χ1v) is 23.8. The van der Waals surface area contributed by atoms with E-state index >= 15 is 0 Å². The molecular formula is C65H55N. The van der Waals surface area contributed by atoms with Crippen molar-refractivity contribution >= 4 is 17.1 Å². The summed E-state index contributed by atoms with van der Waals surface area (Å²) in [4.78, 5) is 2.57. The molecule has 0 aliphatic heterocycles. The van der Waals surface area contributed by atoms with Crippen LogP contribution in [0.2, 0.25) is 0 Å². The Morgan fingerprint density at radius 2 is 0.879 bits per heavy atom. The molecule has 320 valence electrons. The predicted molar refractivity (Wildman–Crippen MR) is 278 cm³/mol. The first kappa shape index (κ1) is 40.3. The summed E-state index contributed by atoms with van der Waals surface area (Å²) in [6, 6.07) is 76.6. The van der Waals surface area contributed by atoms with Crippen molar-refractivity contribution in [1.29, 1.82) is 0 Å². The maximum Gasteiger partial charge on any atom is 0.0719 e. The Bertz CT molecular complexity index is 3340. The summed E-state index contributed by atoms with van der Waals surface area (Å²) < 4.78 is 0. The summed E-state index contributed by atoms with van der Waals surface area (Å²) in [5.41, 5.74) is 26.7. The van der Waals surface area contributed by atoms with Gasteiger partial charge in [-0.3, -0.25) is 0 Å². The van der Waals surface area contributed by atoms with Crippen molar-refractivity contribution in [3.8, 4) is 44.5 Å². The van der Waals surface area contributed by atoms with Crippen molar-refractivity contribution in [3.05, 3.63) is 256 Å². The van der Waals surface area contributed by atoms with Gasteiger partial charge in [-0.25, -0.2) is 0 Å². The number of rotatable bonds is 5. The molecule has 1 spiro atoms. The molecule has 9 aromatic carbocycles. The zero-order valence-electron chi connectivity index (χ0n) is 38.9. The lowest BCUT2D eigenvalue weighted by molar-refractivity contribution is 0.590. The monoisotopic (exact) mass is 849 g/mol. The summed E-state index contributed by atoms with van der Waals surface area (Å²) in [5, 5.41) is 0. The number of hydrogen-bond donors (Lipinski definition) is 0. The third-order valence-electron chi connectivity index (χ3n) is 15.4. The third-order valence-corrected chi connectivity index (χ3v) is 15.4. The van der Waals surface area contributed by atoms with E-state index in [0.29, 0.717) is 0 Å². The van der Waals surface area contributed by atoms with E-state index in [1.165, 1.54) is 100 Å². The van der Waals surface area contributed by atoms with Crippen molar-refractivity contribution in [1.82, 2.24) is 0 Å². The highest BCUT2D eigenvalue weighted by Gasteiger charge is 2.49. The quantitative estimate of drug-likeness (QED) is 0.167. The summed E-state index contributed by atoms with van der Waals surface area (Å²) >= 11 is 0. The molecule has 3 aliphatic carbocycles. The van der Waals surface area contributed by atoms with E-state index in [-0.39, 0.29) is 10.8 Å². The Morgan fingerprint density at radius 1 is 0.394 bits per heavy atom. The van der Waals surface area contributed by atoms with Gasteiger partial charge in [-0.05, 0) is 156 Å². The molecule has 9 aromatic rings. The van der Waals surface area contributed by atoms with Crippen LogP contribution in [0.15, 0.2) is 200 Å². The van der Waals surface area contributed by atoms with Gasteiger partial charge in [0.05, 0.1) is 11.1 Å². The smallest absolute Gasteiger partial charge is 0.0719 e. The topological polar surface area (TPSA) is 3.24 Å². The Kier molecular flexibility index (Phi) is 9.10. The van der Waals surface area contributed by atoms with Crippen LogP contribution in [0.3, 0.4) is 0 Å². The van der Waals surface area contributed by atoms with E-state index in [4.69, 9.17) is 0 Å². The second-order valence-corrected chi connectivity index (χ2v) is 20.4. The molecule has 0 atom stereocenters. The molecule has 1 nitrogen and oxygen atoms in total. The van der Waals surface area contributed by atoms with E-state index in [0.717, 1.165) is 29.9 Å². The molecule has 0 amide bonds. The van der Waals surface area contributed by atoms with Crippen molar-refractivity contribution in [2.75, 3.05) is 4.90 Å². The Balaban J connectivity index is 1.15. The molecule has 0 saturated carbocycles. The van der Waals surface area contributed by atoms with Gasteiger partial charge in [0, 0.05) is 22.4 Å². The molecule has 0 radical (unpaired) electrons. The molecule has 12 rings (SSSR count). The number of aryl methyl sites for hydroxylation is 3. The number of benzene rings is 9. The molecule has 1 heteroatoms. The van der Waals surface area contributed by atoms with Crippen LogP contribution in [-0.4, -0.2) is 0 Å². The summed E-state index contributed by atoms with van der Waals surface area (Å²) in [6.45, 7) is 13.9. The molecule has 0 saturated heterocycles. The van der Waals surface area contributed by atoms with Crippen LogP contribution in [0.25, 0.3) is 44.5 Å². The highest BCUT2D eigenvalue weighted by atomic mass is 15.1. The first-order chi connectivity index (χ1) is 32.0. The van der Waals surface area contributed by atoms with Gasteiger partial charge in [-0.15, -0.1) is 0 Å². The summed E-state index contributed by atoms with van der Waals surface area (Å²) in [5.74, 6) is 0. The van der Waals surface area contributed by atoms with Crippen LogP contribution in [-0.2, 0) is 29.1 Å². The van der Waals surface area contributed by atoms with E-state index in [9.17, 15) is 0 Å². The van der Waals surface area contributed by atoms with E-state index in [2.05, 4.69) is 247 Å². The van der Waals surface area contributed by atoms with Crippen molar-refractivity contribution in [3.63, 3.8) is 0 Å². The zero-order valence-corrected chi connectivity index (χ0v) is 38.9. The minimum atomic E-state index is -0.485. The highest BCUT2D eigenvalue weighted by molar-refractivity contribution is 5.95. The SMILES string of the molecule is Cc1ccccc1-c1cc(-c2ccc(C(C)(C)C)cc2)ccc1N(c1ccc2c(c1)C(C)(C)c1ccccc1-2)c1ccc2c(c1)C1(c3ccccc3CCc3ccccc31)c1ccccc1-2. The summed E-state index contributed by atoms with van der Waals surface area (Å²) in [6.07, 6.45) is 2.02. The first-order valence-electron chi connectivity index (χ1n) is 23.8. The molecule has 0 heterocycles. The second kappa shape index (κ2) is 14.9. The van der Waals surface area contributed by atoms with Gasteiger partial charge in [0.1, 0.15) is 0 Å². The number of nitrogens with zero attached hydrogens (tertiary/aromatic N) is 1. The van der Waals surface area contributed by atoms with Gasteiger partial charge >= 0.3 is 0 Å². The average molecular weight is 850 g/mol. The van der Waals surface area contributed by atoms with Crippen LogP contribution in [0.1, 0.15) is 90.3 Å². The largest absolute Gasteiger partial charge is 0.310 e. The normalized spacial score (nSPS) is 14.6. The maximum atomic E-state index is 2.57. The van der Waals surface area contributed by atoms with Crippen molar-refractivity contribution < 1.29 is 0 Å². The van der Waals surface area contributed by atoms with Gasteiger partial charge in [-0.1, -0.05) is 198 Å². The Hall–Kier alpha value is -7.22. The molecule has 66 heavy (non-hydrogen) atoms. The van der Waals surface area contributed by atoms with Gasteiger partial charge in [0.25, 0.3) is 0 Å². The predicted octanol–water partition coefficient (Wildman–Crippen LogP) is 16.9. The third kappa shape index (κ3) is 5.99. The van der Waals surface area contributed by atoms with Gasteiger partial charge in [0.15, 0.2) is 0 Å². The molecule has 0 unspecified atom stereocenters. The minimum absolute atomic E-state index is 0.0811. The van der Waals surface area contributed by atoms with Gasteiger partial charge in [0.2, 0.25) is 0 Å². The van der Waals surface area contributed by atoms with Crippen LogP contribution < -0.4 is 4.90 Å². The van der Waals surface area contributed by atoms with Gasteiger partial charge in [-0.2, -0.15) is 0 Å². The van der Waals surface area contributed by atoms with Crippen molar-refractivity contribution in [2.24, 2.45) is 0 Å². The number of fused-ring (bicyclic) bond motifs is 12. The van der Waals surface area contributed by atoms with E-state index in [1.54, 1.807) is 0 Å². The van der Waals surface area contributed by atoms with Crippen LogP contribution in [0.4, 0.5) is 17.1 Å². The molecular weight excluding hydrogens is 795 g/mol. The zero-order chi connectivity index (χ0) is 45.0. The lowest BCUT2D eigenvalue weighted by Gasteiger charge is -2.36. The minimum Gasteiger partial charge on any atom is -0.310 e. The lowest BCUT2D eigenvalue weighted by atomic mass is 9.66. The maximum absolute atomic E-state index is 2.57. The fourth-order valence-corrected chi connectivity index (χ4v) is 12.0. The number of anilines is 3. The fraction of sp³-hybridized carbons (Fsp3) is 0.169. The summed E-state index contributed by atoms with van der Waals surface area (Å²) in [7, 11) is 0. The van der Waals surface area contributed by atoms with Crippen LogP contribution in [0.5, 0.6) is 0 Å². The highest BCUT2D eigenvalue weighted by Crippen LogP contribution is 2.60. The fourth-order valence-electron chi connectivity index (χ4n) is 12.0. The molecule has 0 N–H and O–H groups in total. The lowest BCUT2D eigenvalue weighted by Crippen LogP contribution is -2.30. The number of hydrogen-bond acceptors (Lipinski definition) is 1. The van der Waals surface area contributed by atoms with Crippen LogP contribution in [0, 0.1) is 6.92 Å². The molecule has 3 aliphatic rings. The second-order valence-electron chi connectivity index (χ2n) is 20.4. The standard InChI is InChI=1S/C65H55N/c1-42-17-7-10-20-50(42)55-39-46(43-29-32-47(33-30-43)63(2,3)4)31-38-62(55)66(48-34-36-53-51-21-11-15-25-58(51)64(5,6)60(53)40-48)49-35-37-54-52-22-12-16-26-59(52)65(61(54)41-49)56-23-13-8-18-44(56)27-28-45-19-9-14-24-57(45)65/h7-26,29-41H,27-28H2,1-6H3. The molecule has 0 bridgehead atoms. The Morgan fingerprint density at radius 3 is 1.50 bits per heavy atom. The van der Waals surface area contributed by atoms with E-state index < -0.39 is 5.41 Å². The van der Waals surface area contributed by atoms with Crippen LogP contribution >= 0.6 is 0 Å². The average Bonchev–Trinajstić information content (AvgIpc) is 3.69. The molecule has 0 aromatic heterocycles. The van der Waals surface area contributed by atoms with Crippen molar-refractivity contribution in [2.45, 2.75) is 70.6 Å².